The van der Waals surface area contributed by atoms with Gasteiger partial charge in [-0.25, -0.2) is 9.69 Å². The summed E-state index contributed by atoms with van der Waals surface area (Å²) in [5.74, 6) is -2.20. The minimum atomic E-state index is -1.01. The second kappa shape index (κ2) is 11.2. The Bertz CT molecular complexity index is 1550. The van der Waals surface area contributed by atoms with E-state index in [1.165, 1.54) is 36.4 Å². The SMILES string of the molecule is Cc1ccc(NC(=O)COc2ccc(Cl)cc2/C=C2/C(=O)NC(=O)N(c3ccc([N+](=O)[O-])cc3)C2=O)c(C)c1. The number of anilines is 2. The van der Waals surface area contributed by atoms with Gasteiger partial charge in [0.1, 0.15) is 11.3 Å². The maximum atomic E-state index is 13.2. The number of amides is 5. The number of imide groups is 2. The van der Waals surface area contributed by atoms with Gasteiger partial charge in [-0.3, -0.25) is 29.8 Å². The fourth-order valence-corrected chi connectivity index (χ4v) is 4.00. The first-order valence-corrected chi connectivity index (χ1v) is 11.9. The number of carbonyl (C=O) groups excluding carboxylic acids is 4. The number of ether oxygens (including phenoxy) is 1. The van der Waals surface area contributed by atoms with E-state index in [9.17, 15) is 29.3 Å². The molecule has 1 heterocycles. The second-order valence-corrected chi connectivity index (χ2v) is 9.01. The number of benzene rings is 3. The minimum absolute atomic E-state index is 0.0205. The van der Waals surface area contributed by atoms with Crippen LogP contribution in [-0.4, -0.2) is 35.3 Å². The molecule has 0 spiro atoms. The molecule has 3 aromatic rings. The number of hydrogen-bond donors (Lipinski definition) is 2. The predicted molar refractivity (Wildman–Crippen MR) is 144 cm³/mol. The third-order valence-corrected chi connectivity index (χ3v) is 5.94. The summed E-state index contributed by atoms with van der Waals surface area (Å²) in [6.07, 6.45) is 1.19. The third-order valence-electron chi connectivity index (χ3n) is 5.71. The first-order chi connectivity index (χ1) is 18.5. The van der Waals surface area contributed by atoms with Crippen molar-refractivity contribution in [1.29, 1.82) is 0 Å². The van der Waals surface area contributed by atoms with Crippen LogP contribution in [-0.2, 0) is 14.4 Å². The number of nitro benzene ring substituents is 1. The molecule has 1 aliphatic rings. The van der Waals surface area contributed by atoms with Crippen molar-refractivity contribution in [1.82, 2.24) is 5.32 Å². The van der Waals surface area contributed by atoms with Gasteiger partial charge < -0.3 is 10.1 Å². The lowest BCUT2D eigenvalue weighted by atomic mass is 10.1. The van der Waals surface area contributed by atoms with E-state index in [-0.39, 0.29) is 34.3 Å². The van der Waals surface area contributed by atoms with Crippen molar-refractivity contribution in [3.63, 3.8) is 0 Å². The van der Waals surface area contributed by atoms with Crippen molar-refractivity contribution >= 4 is 58.5 Å². The van der Waals surface area contributed by atoms with Gasteiger partial charge in [-0.15, -0.1) is 0 Å². The van der Waals surface area contributed by atoms with Crippen molar-refractivity contribution < 1.29 is 28.8 Å². The molecule has 0 aliphatic carbocycles. The first-order valence-electron chi connectivity index (χ1n) is 11.5. The number of rotatable bonds is 7. The van der Waals surface area contributed by atoms with Crippen molar-refractivity contribution in [3.05, 3.63) is 98.1 Å². The lowest BCUT2D eigenvalue weighted by Gasteiger charge is -2.26. The van der Waals surface area contributed by atoms with E-state index in [0.717, 1.165) is 23.3 Å². The van der Waals surface area contributed by atoms with Crippen LogP contribution in [0.25, 0.3) is 6.08 Å². The highest BCUT2D eigenvalue weighted by molar-refractivity contribution is 6.39. The molecule has 1 fully saturated rings. The largest absolute Gasteiger partial charge is 0.483 e. The van der Waals surface area contributed by atoms with Crippen LogP contribution in [0.4, 0.5) is 21.9 Å². The lowest BCUT2D eigenvalue weighted by molar-refractivity contribution is -0.384. The molecule has 2 N–H and O–H groups in total. The number of halogens is 1. The number of barbiturate groups is 1. The molecular formula is C27H21ClN4O7. The van der Waals surface area contributed by atoms with E-state index in [2.05, 4.69) is 10.6 Å². The maximum absolute atomic E-state index is 13.2. The summed E-state index contributed by atoms with van der Waals surface area (Å²) in [7, 11) is 0. The Balaban J connectivity index is 1.58. The van der Waals surface area contributed by atoms with E-state index in [0.29, 0.717) is 10.6 Å². The molecule has 1 aliphatic heterocycles. The van der Waals surface area contributed by atoms with Gasteiger partial charge in [-0.2, -0.15) is 0 Å². The van der Waals surface area contributed by atoms with E-state index in [4.69, 9.17) is 16.3 Å². The van der Waals surface area contributed by atoms with Crippen LogP contribution in [0.3, 0.4) is 0 Å². The molecular weight excluding hydrogens is 528 g/mol. The fraction of sp³-hybridized carbons (Fsp3) is 0.111. The van der Waals surface area contributed by atoms with Gasteiger partial charge >= 0.3 is 6.03 Å². The summed E-state index contributed by atoms with van der Waals surface area (Å²) in [6.45, 7) is 3.43. The second-order valence-electron chi connectivity index (χ2n) is 8.57. The number of carbonyl (C=O) groups is 4. The first kappa shape index (κ1) is 27.0. The lowest BCUT2D eigenvalue weighted by Crippen LogP contribution is -2.54. The number of non-ortho nitro benzene ring substituents is 1. The number of nitro groups is 1. The number of aryl methyl sites for hydroxylation is 2. The zero-order valence-corrected chi connectivity index (χ0v) is 21.4. The summed E-state index contributed by atoms with van der Waals surface area (Å²) >= 11 is 6.13. The average molecular weight is 549 g/mol. The Hall–Kier alpha value is -5.03. The third kappa shape index (κ3) is 6.11. The average Bonchev–Trinajstić information content (AvgIpc) is 2.88. The molecule has 198 valence electrons. The molecule has 0 aromatic heterocycles. The molecule has 5 amide bonds. The van der Waals surface area contributed by atoms with Gasteiger partial charge in [0.15, 0.2) is 6.61 Å². The summed E-state index contributed by atoms with van der Waals surface area (Å²) in [4.78, 5) is 61.7. The van der Waals surface area contributed by atoms with Crippen LogP contribution < -0.4 is 20.3 Å². The molecule has 11 nitrogen and oxygen atoms in total. The molecule has 3 aromatic carbocycles. The van der Waals surface area contributed by atoms with Crippen molar-refractivity contribution in [3.8, 4) is 5.75 Å². The Labute approximate surface area is 227 Å². The predicted octanol–water partition coefficient (Wildman–Crippen LogP) is 4.55. The Morgan fingerprint density at radius 2 is 1.79 bits per heavy atom. The van der Waals surface area contributed by atoms with Crippen molar-refractivity contribution in [2.24, 2.45) is 0 Å². The van der Waals surface area contributed by atoms with Gasteiger partial charge in [0.05, 0.1) is 10.6 Å². The Morgan fingerprint density at radius 1 is 1.08 bits per heavy atom. The topological polar surface area (TPSA) is 148 Å². The monoisotopic (exact) mass is 548 g/mol. The normalized spacial score (nSPS) is 14.3. The quantitative estimate of drug-likeness (QED) is 0.190. The summed E-state index contributed by atoms with van der Waals surface area (Å²) in [6, 6.07) is 13.7. The van der Waals surface area contributed by atoms with Crippen LogP contribution in [0.2, 0.25) is 5.02 Å². The Kier molecular flexibility index (Phi) is 7.73. The molecule has 0 unspecified atom stereocenters. The van der Waals surface area contributed by atoms with Crippen molar-refractivity contribution in [2.75, 3.05) is 16.8 Å². The van der Waals surface area contributed by atoms with E-state index in [1.54, 1.807) is 6.07 Å². The van der Waals surface area contributed by atoms with Crippen LogP contribution in [0.1, 0.15) is 16.7 Å². The maximum Gasteiger partial charge on any atom is 0.335 e. The Morgan fingerprint density at radius 3 is 2.46 bits per heavy atom. The van der Waals surface area contributed by atoms with E-state index < -0.39 is 34.2 Å². The van der Waals surface area contributed by atoms with E-state index in [1.807, 2.05) is 26.0 Å². The molecule has 0 saturated carbocycles. The molecule has 39 heavy (non-hydrogen) atoms. The van der Waals surface area contributed by atoms with Crippen LogP contribution in [0.5, 0.6) is 5.75 Å². The van der Waals surface area contributed by atoms with Crippen molar-refractivity contribution in [2.45, 2.75) is 13.8 Å². The van der Waals surface area contributed by atoms with Gasteiger partial charge in [-0.1, -0.05) is 29.3 Å². The minimum Gasteiger partial charge on any atom is -0.483 e. The highest BCUT2D eigenvalue weighted by Crippen LogP contribution is 2.29. The molecule has 4 rings (SSSR count). The number of urea groups is 1. The summed E-state index contributed by atoms with van der Waals surface area (Å²) in [5, 5.41) is 16.0. The highest BCUT2D eigenvalue weighted by Gasteiger charge is 2.37. The van der Waals surface area contributed by atoms with Crippen LogP contribution >= 0.6 is 11.6 Å². The van der Waals surface area contributed by atoms with Gasteiger partial charge in [0.2, 0.25) is 0 Å². The number of nitrogens with one attached hydrogen (secondary N) is 2. The van der Waals surface area contributed by atoms with Crippen LogP contribution in [0, 0.1) is 24.0 Å². The summed E-state index contributed by atoms with van der Waals surface area (Å²) in [5.41, 5.74) is 2.14. The molecule has 12 heteroatoms. The standard InChI is InChI=1S/C27H21ClN4O7/c1-15-3-9-22(16(2)11-15)29-24(33)14-39-23-10-4-18(28)12-17(23)13-21-25(34)30-27(36)31(26(21)35)19-5-7-20(8-6-19)32(37)38/h3-13H,14H2,1-2H3,(H,29,33)(H,30,34,36)/b21-13-. The van der Waals surface area contributed by atoms with Gasteiger partial charge in [0.25, 0.3) is 23.4 Å². The van der Waals surface area contributed by atoms with Crippen LogP contribution in [0.15, 0.2) is 66.2 Å². The number of hydrogen-bond acceptors (Lipinski definition) is 7. The summed E-state index contributed by atoms with van der Waals surface area (Å²) < 4.78 is 5.67. The number of nitrogens with zero attached hydrogens (tertiary/aromatic N) is 2. The highest BCUT2D eigenvalue weighted by atomic mass is 35.5. The van der Waals surface area contributed by atoms with E-state index >= 15 is 0 Å². The zero-order chi connectivity index (χ0) is 28.3. The molecule has 0 atom stereocenters. The molecule has 0 radical (unpaired) electrons. The smallest absolute Gasteiger partial charge is 0.335 e. The van der Waals surface area contributed by atoms with Gasteiger partial charge in [0, 0.05) is 28.4 Å². The molecule has 1 saturated heterocycles. The molecule has 0 bridgehead atoms. The fourth-order valence-electron chi connectivity index (χ4n) is 3.82. The zero-order valence-electron chi connectivity index (χ0n) is 20.7. The van der Waals surface area contributed by atoms with Gasteiger partial charge in [-0.05, 0) is 61.9 Å².